The molecule has 4 heteroatoms. The van der Waals surface area contributed by atoms with Gasteiger partial charge in [0.05, 0.1) is 4.90 Å². The summed E-state index contributed by atoms with van der Waals surface area (Å²) in [5.74, 6) is 0.116. The molecule has 1 rings (SSSR count). The van der Waals surface area contributed by atoms with Crippen molar-refractivity contribution in [3.63, 3.8) is 0 Å². The lowest BCUT2D eigenvalue weighted by Crippen LogP contribution is -2.31. The number of aryl methyl sites for hydroxylation is 1. The van der Waals surface area contributed by atoms with Crippen molar-refractivity contribution in [3.05, 3.63) is 29.8 Å². The lowest BCUT2D eigenvalue weighted by atomic mass is 10.1. The molecular formula is C13H19NO2S. The van der Waals surface area contributed by atoms with Gasteiger partial charge in [0.1, 0.15) is 16.8 Å². The molecule has 1 N–H and O–H groups in total. The smallest absolute Gasteiger partial charge is 0.131 e. The van der Waals surface area contributed by atoms with E-state index in [2.05, 4.69) is 4.72 Å². The molecule has 2 atom stereocenters. The summed E-state index contributed by atoms with van der Waals surface area (Å²) < 4.78 is 15.0. The lowest BCUT2D eigenvalue weighted by molar-refractivity contribution is -0.117. The van der Waals surface area contributed by atoms with Crippen LogP contribution in [0.25, 0.3) is 0 Å². The first kappa shape index (κ1) is 14.1. The molecule has 0 radical (unpaired) electrons. The molecule has 17 heavy (non-hydrogen) atoms. The maximum Gasteiger partial charge on any atom is 0.131 e. The predicted octanol–water partition coefficient (Wildman–Crippen LogP) is 2.36. The number of benzene rings is 1. The molecular weight excluding hydrogens is 234 g/mol. The predicted molar refractivity (Wildman–Crippen MR) is 70.1 cm³/mol. The van der Waals surface area contributed by atoms with E-state index in [9.17, 15) is 9.00 Å². The first-order valence-corrected chi connectivity index (χ1v) is 6.92. The van der Waals surface area contributed by atoms with Crippen molar-refractivity contribution >= 4 is 16.8 Å². The second-order valence-corrected chi connectivity index (χ2v) is 5.46. The zero-order valence-electron chi connectivity index (χ0n) is 10.5. The summed E-state index contributed by atoms with van der Waals surface area (Å²) in [6.45, 7) is 5.52. The van der Waals surface area contributed by atoms with E-state index in [0.717, 1.165) is 16.9 Å². The Morgan fingerprint density at radius 3 is 2.41 bits per heavy atom. The van der Waals surface area contributed by atoms with E-state index in [1.54, 1.807) is 6.92 Å². The maximum absolute atomic E-state index is 12.0. The highest BCUT2D eigenvalue weighted by Gasteiger charge is 2.12. The Kier molecular flexibility index (Phi) is 5.51. The molecule has 0 aliphatic heterocycles. The topological polar surface area (TPSA) is 46.2 Å². The van der Waals surface area contributed by atoms with Crippen LogP contribution in [0.15, 0.2) is 29.2 Å². The van der Waals surface area contributed by atoms with E-state index in [-0.39, 0.29) is 11.8 Å². The fourth-order valence-corrected chi connectivity index (χ4v) is 2.57. The Morgan fingerprint density at radius 1 is 1.35 bits per heavy atom. The summed E-state index contributed by atoms with van der Waals surface area (Å²) in [5.41, 5.74) is 1.14. The van der Waals surface area contributed by atoms with Crippen LogP contribution >= 0.6 is 0 Å². The van der Waals surface area contributed by atoms with Gasteiger partial charge in [-0.15, -0.1) is 0 Å². The Bertz CT molecular complexity index is 400. The fraction of sp³-hybridized carbons (Fsp3) is 0.462. The van der Waals surface area contributed by atoms with Crippen LogP contribution in [0.5, 0.6) is 0 Å². The van der Waals surface area contributed by atoms with Gasteiger partial charge in [0.15, 0.2) is 0 Å². The molecule has 0 amide bonds. The van der Waals surface area contributed by atoms with E-state index in [1.165, 1.54) is 0 Å². The van der Waals surface area contributed by atoms with Crippen LogP contribution in [-0.2, 0) is 15.8 Å². The quantitative estimate of drug-likeness (QED) is 0.846. The van der Waals surface area contributed by atoms with Crippen LogP contribution in [0.4, 0.5) is 0 Å². The van der Waals surface area contributed by atoms with Crippen molar-refractivity contribution in [1.82, 2.24) is 4.72 Å². The number of Topliss-reactive ketones (excluding diaryl/α,β-unsaturated/α-hetero) is 1. The van der Waals surface area contributed by atoms with Crippen molar-refractivity contribution in [2.45, 2.75) is 44.6 Å². The largest absolute Gasteiger partial charge is 0.300 e. The molecule has 0 aliphatic carbocycles. The van der Waals surface area contributed by atoms with E-state index >= 15 is 0 Å². The SMILES string of the molecule is CC[C@@H](CC(C)=O)NS(=O)c1ccc(C)cc1. The zero-order valence-corrected chi connectivity index (χ0v) is 11.3. The first-order valence-electron chi connectivity index (χ1n) is 5.77. The lowest BCUT2D eigenvalue weighted by Gasteiger charge is -2.14. The summed E-state index contributed by atoms with van der Waals surface area (Å²) >= 11 is 0. The van der Waals surface area contributed by atoms with Crippen molar-refractivity contribution in [2.75, 3.05) is 0 Å². The van der Waals surface area contributed by atoms with Crippen LogP contribution in [0, 0.1) is 6.92 Å². The highest BCUT2D eigenvalue weighted by Crippen LogP contribution is 2.09. The van der Waals surface area contributed by atoms with Gasteiger partial charge >= 0.3 is 0 Å². The molecule has 0 bridgehead atoms. The van der Waals surface area contributed by atoms with Crippen LogP contribution < -0.4 is 4.72 Å². The van der Waals surface area contributed by atoms with E-state index in [0.29, 0.717) is 6.42 Å². The van der Waals surface area contributed by atoms with Crippen molar-refractivity contribution < 1.29 is 9.00 Å². The third-order valence-corrected chi connectivity index (χ3v) is 3.78. The fourth-order valence-electron chi connectivity index (χ4n) is 1.50. The van der Waals surface area contributed by atoms with Gasteiger partial charge in [-0.2, -0.15) is 0 Å². The standard InChI is InChI=1S/C13H19NO2S/c1-4-12(9-11(3)15)14-17(16)13-7-5-10(2)6-8-13/h5-8,12,14H,4,9H2,1-3H3/t12-,17?/m0/s1. The summed E-state index contributed by atoms with van der Waals surface area (Å²) in [7, 11) is -1.24. The number of hydrogen-bond donors (Lipinski definition) is 1. The summed E-state index contributed by atoms with van der Waals surface area (Å²) in [6, 6.07) is 7.54. The molecule has 0 saturated carbocycles. The minimum atomic E-state index is -1.24. The molecule has 1 aromatic rings. The highest BCUT2D eigenvalue weighted by atomic mass is 32.2. The molecule has 0 aliphatic rings. The Balaban J connectivity index is 2.64. The van der Waals surface area contributed by atoms with Gasteiger partial charge in [-0.1, -0.05) is 24.6 Å². The molecule has 1 aromatic carbocycles. The molecule has 0 spiro atoms. The molecule has 0 saturated heterocycles. The first-order chi connectivity index (χ1) is 8.02. The van der Waals surface area contributed by atoms with Gasteiger partial charge in [0, 0.05) is 12.5 Å². The third-order valence-electron chi connectivity index (χ3n) is 2.54. The Hall–Kier alpha value is -1.00. The maximum atomic E-state index is 12.0. The van der Waals surface area contributed by atoms with Crippen molar-refractivity contribution in [2.24, 2.45) is 0 Å². The third kappa shape index (κ3) is 4.79. The number of carbonyl (C=O) groups is 1. The van der Waals surface area contributed by atoms with Gasteiger partial charge in [-0.05, 0) is 32.4 Å². The van der Waals surface area contributed by atoms with Gasteiger partial charge in [0.2, 0.25) is 0 Å². The summed E-state index contributed by atoms with van der Waals surface area (Å²) in [6.07, 6.45) is 1.21. The van der Waals surface area contributed by atoms with E-state index in [1.807, 2.05) is 38.1 Å². The normalized spacial score (nSPS) is 14.3. The average molecular weight is 253 g/mol. The molecule has 0 aromatic heterocycles. The van der Waals surface area contributed by atoms with Gasteiger partial charge in [-0.25, -0.2) is 8.93 Å². The molecule has 0 fully saturated rings. The molecule has 94 valence electrons. The molecule has 1 unspecified atom stereocenters. The van der Waals surface area contributed by atoms with Crippen LogP contribution in [0.2, 0.25) is 0 Å². The number of nitrogens with one attached hydrogen (secondary N) is 1. The van der Waals surface area contributed by atoms with Crippen LogP contribution in [0.1, 0.15) is 32.3 Å². The van der Waals surface area contributed by atoms with E-state index in [4.69, 9.17) is 0 Å². The second kappa shape index (κ2) is 6.67. The van der Waals surface area contributed by atoms with Crippen LogP contribution in [-0.4, -0.2) is 16.0 Å². The van der Waals surface area contributed by atoms with Crippen LogP contribution in [0.3, 0.4) is 0 Å². The minimum Gasteiger partial charge on any atom is -0.300 e. The Labute approximate surface area is 105 Å². The highest BCUT2D eigenvalue weighted by molar-refractivity contribution is 7.83. The summed E-state index contributed by atoms with van der Waals surface area (Å²) in [5, 5.41) is 0. The zero-order chi connectivity index (χ0) is 12.8. The number of ketones is 1. The van der Waals surface area contributed by atoms with Gasteiger partial charge < -0.3 is 0 Å². The number of hydrogen-bond acceptors (Lipinski definition) is 2. The minimum absolute atomic E-state index is 0.0189. The number of carbonyl (C=O) groups excluding carboxylic acids is 1. The van der Waals surface area contributed by atoms with Gasteiger partial charge in [-0.3, -0.25) is 4.79 Å². The molecule has 0 heterocycles. The Morgan fingerprint density at radius 2 is 1.94 bits per heavy atom. The van der Waals surface area contributed by atoms with Crippen molar-refractivity contribution in [1.29, 1.82) is 0 Å². The average Bonchev–Trinajstić information content (AvgIpc) is 2.28. The van der Waals surface area contributed by atoms with E-state index < -0.39 is 11.0 Å². The molecule has 3 nitrogen and oxygen atoms in total. The second-order valence-electron chi connectivity index (χ2n) is 4.21. The van der Waals surface area contributed by atoms with Gasteiger partial charge in [0.25, 0.3) is 0 Å². The monoisotopic (exact) mass is 253 g/mol. The number of rotatable bonds is 6. The van der Waals surface area contributed by atoms with Crippen molar-refractivity contribution in [3.8, 4) is 0 Å². The summed E-state index contributed by atoms with van der Waals surface area (Å²) in [4.78, 5) is 11.8.